The summed E-state index contributed by atoms with van der Waals surface area (Å²) in [5.41, 5.74) is 0. The van der Waals surface area contributed by atoms with Crippen LogP contribution >= 0.6 is 15.9 Å². The quantitative estimate of drug-likeness (QED) is 0.816. The fraction of sp³-hybridized carbons (Fsp3) is 0.545. The molecule has 0 saturated carbocycles. The first-order valence-electron chi connectivity index (χ1n) is 5.88. The Morgan fingerprint density at radius 3 is 2.68 bits per heavy atom. The third-order valence-electron chi connectivity index (χ3n) is 2.55. The number of unbranched alkanes of at least 4 members (excludes halogenated alkanes) is 1. The summed E-state index contributed by atoms with van der Waals surface area (Å²) in [6.07, 6.45) is 2.90. The van der Waals surface area contributed by atoms with Gasteiger partial charge in [0.15, 0.2) is 10.4 Å². The monoisotopic (exact) mass is 352 g/mol. The lowest BCUT2D eigenvalue weighted by Crippen LogP contribution is -2.32. The summed E-state index contributed by atoms with van der Waals surface area (Å²) in [6.45, 7) is 3.95. The van der Waals surface area contributed by atoms with Crippen molar-refractivity contribution in [2.75, 3.05) is 0 Å². The zero-order valence-electron chi connectivity index (χ0n) is 10.8. The highest BCUT2D eigenvalue weighted by atomic mass is 79.9. The largest absolute Gasteiger partial charge is 0.443 e. The topological polar surface area (TPSA) is 102 Å². The first-order chi connectivity index (χ1) is 8.75. The maximum absolute atomic E-state index is 11.8. The number of sulfonamides is 1. The number of halogens is 1. The first kappa shape index (κ1) is 16.2. The number of amides is 1. The van der Waals surface area contributed by atoms with Gasteiger partial charge in [0.05, 0.1) is 0 Å². The van der Waals surface area contributed by atoms with Crippen molar-refractivity contribution in [1.82, 2.24) is 5.32 Å². The molecular weight excluding hydrogens is 336 g/mol. The first-order valence-corrected chi connectivity index (χ1v) is 8.22. The van der Waals surface area contributed by atoms with E-state index in [1.165, 1.54) is 0 Å². The molecule has 8 heteroatoms. The van der Waals surface area contributed by atoms with Gasteiger partial charge in [-0.15, -0.1) is 0 Å². The molecule has 0 aliphatic heterocycles. The zero-order chi connectivity index (χ0) is 14.6. The van der Waals surface area contributed by atoms with Gasteiger partial charge in [0, 0.05) is 12.1 Å². The van der Waals surface area contributed by atoms with E-state index in [-0.39, 0.29) is 21.4 Å². The van der Waals surface area contributed by atoms with E-state index in [9.17, 15) is 13.2 Å². The minimum atomic E-state index is -3.91. The lowest BCUT2D eigenvalue weighted by atomic mass is 10.1. The average molecular weight is 353 g/mol. The Bertz CT molecular complexity index is 553. The van der Waals surface area contributed by atoms with Gasteiger partial charge < -0.3 is 9.73 Å². The molecule has 1 amide bonds. The van der Waals surface area contributed by atoms with Crippen LogP contribution < -0.4 is 10.5 Å². The number of nitrogens with two attached hydrogens (primary N) is 1. The number of primary sulfonamides is 1. The highest BCUT2D eigenvalue weighted by Crippen LogP contribution is 2.25. The number of nitrogens with one attached hydrogen (secondary N) is 1. The molecule has 1 atom stereocenters. The molecule has 0 radical (unpaired) electrons. The highest BCUT2D eigenvalue weighted by Gasteiger charge is 2.22. The van der Waals surface area contributed by atoms with E-state index in [2.05, 4.69) is 28.2 Å². The fourth-order valence-corrected chi connectivity index (χ4v) is 3.04. The van der Waals surface area contributed by atoms with Gasteiger partial charge in [0.1, 0.15) is 4.90 Å². The van der Waals surface area contributed by atoms with Crippen LogP contribution in [0.25, 0.3) is 0 Å². The number of hydrogen-bond donors (Lipinski definition) is 2. The molecule has 0 bridgehead atoms. The maximum atomic E-state index is 11.8. The summed E-state index contributed by atoms with van der Waals surface area (Å²) in [7, 11) is -3.91. The van der Waals surface area contributed by atoms with Crippen LogP contribution in [0.1, 0.15) is 43.7 Å². The van der Waals surface area contributed by atoms with Gasteiger partial charge in [-0.3, -0.25) is 4.79 Å². The number of carbonyl (C=O) groups is 1. The van der Waals surface area contributed by atoms with E-state index < -0.39 is 15.9 Å². The molecule has 1 aromatic heterocycles. The standard InChI is InChI=1S/C11H17BrN2O4S/c1-3-4-5-7(2)14-11(15)8-6-9(10(12)18-8)19(13,16)17/h6-7H,3-5H2,1-2H3,(H,14,15)(H2,13,16,17). The maximum Gasteiger partial charge on any atom is 0.287 e. The lowest BCUT2D eigenvalue weighted by Gasteiger charge is -2.11. The molecule has 6 nitrogen and oxygen atoms in total. The molecule has 0 aromatic carbocycles. The van der Waals surface area contributed by atoms with E-state index in [1.54, 1.807) is 0 Å². The van der Waals surface area contributed by atoms with E-state index in [0.717, 1.165) is 25.3 Å². The molecule has 1 heterocycles. The molecule has 0 fully saturated rings. The number of furan rings is 1. The highest BCUT2D eigenvalue weighted by molar-refractivity contribution is 9.10. The van der Waals surface area contributed by atoms with Gasteiger partial charge in [-0.1, -0.05) is 19.8 Å². The molecule has 1 unspecified atom stereocenters. The minimum absolute atomic E-state index is 0.00532. The third-order valence-corrected chi connectivity index (χ3v) is 4.32. The Labute approximate surface area is 120 Å². The van der Waals surface area contributed by atoms with E-state index in [0.29, 0.717) is 0 Å². The Kier molecular flexibility index (Phi) is 5.57. The fourth-order valence-electron chi connectivity index (χ4n) is 1.54. The van der Waals surface area contributed by atoms with E-state index in [1.807, 2.05) is 6.92 Å². The number of rotatable bonds is 6. The molecule has 0 spiro atoms. The van der Waals surface area contributed by atoms with E-state index in [4.69, 9.17) is 9.56 Å². The van der Waals surface area contributed by atoms with Gasteiger partial charge in [0.25, 0.3) is 5.91 Å². The molecule has 108 valence electrons. The molecule has 3 N–H and O–H groups in total. The second kappa shape index (κ2) is 6.53. The summed E-state index contributed by atoms with van der Waals surface area (Å²) in [5.74, 6) is -0.543. The predicted molar refractivity (Wildman–Crippen MR) is 74.2 cm³/mol. The van der Waals surface area contributed by atoms with Crippen LogP contribution in [-0.2, 0) is 10.0 Å². The van der Waals surface area contributed by atoms with Crippen molar-refractivity contribution in [1.29, 1.82) is 0 Å². The summed E-state index contributed by atoms with van der Waals surface area (Å²) in [4.78, 5) is 11.6. The molecule has 0 aliphatic rings. The summed E-state index contributed by atoms with van der Waals surface area (Å²) < 4.78 is 27.4. The van der Waals surface area contributed by atoms with Crippen LogP contribution in [0.3, 0.4) is 0 Å². The Balaban J connectivity index is 2.79. The van der Waals surface area contributed by atoms with Crippen molar-refractivity contribution in [2.45, 2.75) is 44.0 Å². The molecule has 0 saturated heterocycles. The third kappa shape index (κ3) is 4.63. The summed E-state index contributed by atoms with van der Waals surface area (Å²) in [5, 5.41) is 7.72. The molecule has 1 rings (SSSR count). The smallest absolute Gasteiger partial charge is 0.287 e. The molecule has 19 heavy (non-hydrogen) atoms. The molecular formula is C11H17BrN2O4S. The van der Waals surface area contributed by atoms with Gasteiger partial charge in [-0.05, 0) is 29.3 Å². The van der Waals surface area contributed by atoms with Crippen LogP contribution in [0.2, 0.25) is 0 Å². The van der Waals surface area contributed by atoms with Gasteiger partial charge in [-0.25, -0.2) is 13.6 Å². The average Bonchev–Trinajstić information content (AvgIpc) is 2.68. The normalized spacial score (nSPS) is 13.3. The summed E-state index contributed by atoms with van der Waals surface area (Å²) in [6, 6.07) is 1.11. The van der Waals surface area contributed by atoms with Crippen molar-refractivity contribution < 1.29 is 17.6 Å². The van der Waals surface area contributed by atoms with Crippen LogP contribution in [0.15, 0.2) is 20.0 Å². The molecule has 0 aliphatic carbocycles. The Morgan fingerprint density at radius 2 is 2.21 bits per heavy atom. The molecule has 1 aromatic rings. The summed E-state index contributed by atoms with van der Waals surface area (Å²) >= 11 is 2.92. The zero-order valence-corrected chi connectivity index (χ0v) is 13.2. The van der Waals surface area contributed by atoms with Crippen molar-refractivity contribution in [3.63, 3.8) is 0 Å². The minimum Gasteiger partial charge on any atom is -0.443 e. The van der Waals surface area contributed by atoms with Gasteiger partial charge in [0.2, 0.25) is 10.0 Å². The van der Waals surface area contributed by atoms with Crippen molar-refractivity contribution in [2.24, 2.45) is 5.14 Å². The van der Waals surface area contributed by atoms with Crippen LogP contribution in [0, 0.1) is 0 Å². The van der Waals surface area contributed by atoms with Crippen molar-refractivity contribution in [3.05, 3.63) is 16.5 Å². The lowest BCUT2D eigenvalue weighted by molar-refractivity contribution is 0.0908. The SMILES string of the molecule is CCCCC(C)NC(=O)c1cc(S(N)(=O)=O)c(Br)o1. The van der Waals surface area contributed by atoms with Crippen LogP contribution in [-0.4, -0.2) is 20.4 Å². The van der Waals surface area contributed by atoms with Gasteiger partial charge in [-0.2, -0.15) is 0 Å². The second-order valence-electron chi connectivity index (χ2n) is 4.31. The van der Waals surface area contributed by atoms with Gasteiger partial charge >= 0.3 is 0 Å². The Hall–Kier alpha value is -0.860. The second-order valence-corrected chi connectivity index (χ2v) is 6.56. The van der Waals surface area contributed by atoms with E-state index >= 15 is 0 Å². The predicted octanol–water partition coefficient (Wildman–Crippen LogP) is 2.00. The van der Waals surface area contributed by atoms with Crippen LogP contribution in [0.5, 0.6) is 0 Å². The van der Waals surface area contributed by atoms with Crippen LogP contribution in [0.4, 0.5) is 0 Å². The Morgan fingerprint density at radius 1 is 1.58 bits per heavy atom. The van der Waals surface area contributed by atoms with Crippen molar-refractivity contribution in [3.8, 4) is 0 Å². The van der Waals surface area contributed by atoms with Crippen molar-refractivity contribution >= 4 is 31.9 Å². The number of carbonyl (C=O) groups excluding carboxylic acids is 1. The number of hydrogen-bond acceptors (Lipinski definition) is 4.